The fourth-order valence-corrected chi connectivity index (χ4v) is 2.47. The van der Waals surface area contributed by atoms with Crippen LogP contribution in [0.1, 0.15) is 0 Å². The molecule has 0 saturated carbocycles. The smallest absolute Gasteiger partial charge is 0.262 e. The Labute approximate surface area is 141 Å². The van der Waals surface area contributed by atoms with Crippen molar-refractivity contribution in [2.45, 2.75) is 61.3 Å². The third kappa shape index (κ3) is 3.84. The van der Waals surface area contributed by atoms with Crippen molar-refractivity contribution < 1.29 is 70.6 Å². The molecule has 0 aliphatic carbocycles. The Kier molecular flexibility index (Phi) is 6.11. The first kappa shape index (κ1) is 26.1. The van der Waals surface area contributed by atoms with Crippen LogP contribution < -0.4 is 0 Å². The van der Waals surface area contributed by atoms with E-state index in [1.807, 2.05) is 0 Å². The Hall–Kier alpha value is -0.873. The van der Waals surface area contributed by atoms with E-state index in [-0.39, 0.29) is 19.6 Å². The third-order valence-electron chi connectivity index (χ3n) is 3.09. The topological polar surface area (TPSA) is 9.23 Å². The summed E-state index contributed by atoms with van der Waals surface area (Å²) in [7, 11) is -4.83. The SMILES string of the molecule is C[Si](C)(C)C(F)(F)C(F)(F)C(F)(F)C(F)(F)OC(F)(C(F)(F)F)C(F)(F)F. The predicted molar refractivity (Wildman–Crippen MR) is 60.2 cm³/mol. The molecule has 27 heavy (non-hydrogen) atoms. The maximum absolute atomic E-state index is 13.5. The highest BCUT2D eigenvalue weighted by molar-refractivity contribution is 6.78. The quantitative estimate of drug-likeness (QED) is 0.342. The van der Waals surface area contributed by atoms with E-state index in [2.05, 4.69) is 0 Å². The Morgan fingerprint density at radius 3 is 1.04 bits per heavy atom. The fraction of sp³-hybridized carbons (Fsp3) is 1.00. The maximum atomic E-state index is 13.5. The van der Waals surface area contributed by atoms with Crippen LogP contribution in [0.3, 0.4) is 0 Å². The second-order valence-corrected chi connectivity index (χ2v) is 11.3. The van der Waals surface area contributed by atoms with Gasteiger partial charge in [0, 0.05) is 0 Å². The van der Waals surface area contributed by atoms with Gasteiger partial charge < -0.3 is 0 Å². The molecule has 0 aromatic carbocycles. The molecular weight excluding hydrogens is 449 g/mol. The van der Waals surface area contributed by atoms with Gasteiger partial charge in [0.2, 0.25) is 0 Å². The van der Waals surface area contributed by atoms with Crippen LogP contribution in [-0.4, -0.2) is 49.8 Å². The second kappa shape index (κ2) is 6.31. The molecule has 164 valence electrons. The minimum atomic E-state index is -7.67. The second-order valence-electron chi connectivity index (χ2n) is 6.18. The number of halogens is 15. The molecule has 0 aliphatic rings. The molecule has 0 saturated heterocycles. The summed E-state index contributed by atoms with van der Waals surface area (Å²) >= 11 is 0. The summed E-state index contributed by atoms with van der Waals surface area (Å²) in [4.78, 5) is 0. The van der Waals surface area contributed by atoms with Gasteiger partial charge >= 0.3 is 36.2 Å². The van der Waals surface area contributed by atoms with Gasteiger partial charge in [-0.1, -0.05) is 19.6 Å². The van der Waals surface area contributed by atoms with Crippen molar-refractivity contribution in [3.8, 4) is 0 Å². The van der Waals surface area contributed by atoms with Gasteiger partial charge in [0.25, 0.3) is 5.55 Å². The van der Waals surface area contributed by atoms with Gasteiger partial charge in [0.1, 0.15) is 8.07 Å². The van der Waals surface area contributed by atoms with Gasteiger partial charge in [-0.3, -0.25) is 4.74 Å². The molecular formula is C10H9F15OSi. The van der Waals surface area contributed by atoms with Crippen LogP contribution >= 0.6 is 0 Å². The van der Waals surface area contributed by atoms with Crippen molar-refractivity contribution in [2.24, 2.45) is 0 Å². The molecule has 0 unspecified atom stereocenters. The molecule has 0 N–H and O–H groups in total. The number of hydrogen-bond acceptors (Lipinski definition) is 1. The summed E-state index contributed by atoms with van der Waals surface area (Å²) in [5.74, 6) is -22.4. The zero-order valence-electron chi connectivity index (χ0n) is 13.1. The van der Waals surface area contributed by atoms with Crippen molar-refractivity contribution >= 4 is 8.07 Å². The van der Waals surface area contributed by atoms with E-state index >= 15 is 0 Å². The van der Waals surface area contributed by atoms with Gasteiger partial charge in [-0.15, -0.1) is 0 Å². The lowest BCUT2D eigenvalue weighted by molar-refractivity contribution is -0.518. The molecule has 0 fully saturated rings. The predicted octanol–water partition coefficient (Wildman–Crippen LogP) is 6.17. The minimum absolute atomic E-state index is 0.265. The highest BCUT2D eigenvalue weighted by atomic mass is 28.3. The first-order valence-corrected chi connectivity index (χ1v) is 9.74. The van der Waals surface area contributed by atoms with Crippen molar-refractivity contribution in [2.75, 3.05) is 0 Å². The van der Waals surface area contributed by atoms with E-state index in [4.69, 9.17) is 0 Å². The van der Waals surface area contributed by atoms with E-state index in [0.717, 1.165) is 0 Å². The molecule has 0 amide bonds. The molecule has 0 aromatic rings. The minimum Gasteiger partial charge on any atom is -0.262 e. The third-order valence-corrected chi connectivity index (χ3v) is 5.29. The molecule has 0 radical (unpaired) electrons. The normalized spacial score (nSPS) is 16.7. The number of hydrogen-bond donors (Lipinski definition) is 0. The molecule has 0 atom stereocenters. The molecule has 17 heteroatoms. The van der Waals surface area contributed by atoms with Crippen LogP contribution in [0.5, 0.6) is 0 Å². The van der Waals surface area contributed by atoms with Crippen molar-refractivity contribution in [3.05, 3.63) is 0 Å². The number of rotatable bonds is 6. The van der Waals surface area contributed by atoms with E-state index in [9.17, 15) is 65.9 Å². The average Bonchev–Trinajstić information content (AvgIpc) is 2.33. The van der Waals surface area contributed by atoms with Gasteiger partial charge in [-0.05, 0) is 0 Å². The van der Waals surface area contributed by atoms with Crippen LogP contribution in [0.15, 0.2) is 0 Å². The Bertz CT molecular complexity index is 526. The van der Waals surface area contributed by atoms with E-state index in [0.29, 0.717) is 0 Å². The molecule has 0 heterocycles. The molecule has 0 aliphatic heterocycles. The Balaban J connectivity index is 6.43. The highest BCUT2D eigenvalue weighted by Crippen LogP contribution is 2.58. The summed E-state index contributed by atoms with van der Waals surface area (Å²) < 4.78 is 194. The Morgan fingerprint density at radius 2 is 0.815 bits per heavy atom. The van der Waals surface area contributed by atoms with Crippen LogP contribution in [0, 0.1) is 0 Å². The van der Waals surface area contributed by atoms with Gasteiger partial charge in [0.05, 0.1) is 0 Å². The van der Waals surface area contributed by atoms with Gasteiger partial charge in [-0.25, -0.2) is 8.78 Å². The molecule has 0 aromatic heterocycles. The molecule has 0 bridgehead atoms. The van der Waals surface area contributed by atoms with Crippen molar-refractivity contribution in [3.63, 3.8) is 0 Å². The first-order chi connectivity index (χ1) is 11.2. The zero-order chi connectivity index (χ0) is 22.7. The highest BCUT2D eigenvalue weighted by Gasteiger charge is 2.87. The van der Waals surface area contributed by atoms with E-state index < -0.39 is 49.8 Å². The average molecular weight is 458 g/mol. The first-order valence-electron chi connectivity index (χ1n) is 6.24. The lowest BCUT2D eigenvalue weighted by Gasteiger charge is -2.42. The monoisotopic (exact) mass is 458 g/mol. The number of alkyl halides is 15. The number of ether oxygens (including phenoxy) is 1. The van der Waals surface area contributed by atoms with Crippen molar-refractivity contribution in [1.82, 2.24) is 0 Å². The standard InChI is InChI=1S/C10H9F15OSi/c1-27(2,3)10(24,25)5(13,14)4(11,12)9(22,23)26-6(15,7(16,17)18)8(19,20)21/h1-3H3. The van der Waals surface area contributed by atoms with Gasteiger partial charge in [-0.2, -0.15) is 57.1 Å². The summed E-state index contributed by atoms with van der Waals surface area (Å²) in [5.41, 5.74) is -5.98. The largest absolute Gasteiger partial charge is 0.458 e. The van der Waals surface area contributed by atoms with Crippen LogP contribution in [0.2, 0.25) is 19.6 Å². The summed E-state index contributed by atoms with van der Waals surface area (Å²) in [6, 6.07) is 0. The van der Waals surface area contributed by atoms with E-state index in [1.54, 1.807) is 0 Å². The summed E-state index contributed by atoms with van der Waals surface area (Å²) in [6.07, 6.45) is -22.7. The van der Waals surface area contributed by atoms with E-state index in [1.165, 1.54) is 4.74 Å². The van der Waals surface area contributed by atoms with Crippen LogP contribution in [0.25, 0.3) is 0 Å². The molecule has 1 nitrogen and oxygen atoms in total. The van der Waals surface area contributed by atoms with Gasteiger partial charge in [0.15, 0.2) is 0 Å². The maximum Gasteiger partial charge on any atom is 0.458 e. The van der Waals surface area contributed by atoms with Crippen LogP contribution in [0.4, 0.5) is 65.9 Å². The lowest BCUT2D eigenvalue weighted by Crippen LogP contribution is -2.71. The van der Waals surface area contributed by atoms with Crippen LogP contribution in [-0.2, 0) is 4.74 Å². The Morgan fingerprint density at radius 1 is 0.519 bits per heavy atom. The van der Waals surface area contributed by atoms with Crippen molar-refractivity contribution in [1.29, 1.82) is 0 Å². The lowest BCUT2D eigenvalue weighted by atomic mass is 10.1. The molecule has 0 rings (SSSR count). The zero-order valence-corrected chi connectivity index (χ0v) is 14.1. The fourth-order valence-electron chi connectivity index (χ4n) is 1.37. The molecule has 0 spiro atoms. The summed E-state index contributed by atoms with van der Waals surface area (Å²) in [6.45, 7) is 0.794. The summed E-state index contributed by atoms with van der Waals surface area (Å²) in [5, 5.41) is 0.